The van der Waals surface area contributed by atoms with Gasteiger partial charge in [-0.3, -0.25) is 0 Å². The highest BCUT2D eigenvalue weighted by Gasteiger charge is 2.40. The Morgan fingerprint density at radius 1 is 1.18 bits per heavy atom. The van der Waals surface area contributed by atoms with Crippen molar-refractivity contribution in [1.29, 1.82) is 0 Å². The monoisotopic (exact) mass is 183 g/mol. The minimum Gasteiger partial charge on any atom is -0.143 e. The van der Waals surface area contributed by atoms with E-state index in [9.17, 15) is 0 Å². The fourth-order valence-corrected chi connectivity index (χ4v) is 4.24. The third-order valence-electron chi connectivity index (χ3n) is 2.03. The number of thioether (sulfide) groups is 2. The van der Waals surface area contributed by atoms with Crippen molar-refractivity contribution < 1.29 is 0 Å². The van der Waals surface area contributed by atoms with Gasteiger partial charge in [-0.15, -0.1) is 23.5 Å². The van der Waals surface area contributed by atoms with Gasteiger partial charge < -0.3 is 0 Å². The molecule has 0 aromatic rings. The molecule has 2 rings (SSSR count). The Morgan fingerprint density at radius 3 is 2.27 bits per heavy atom. The van der Waals surface area contributed by atoms with Crippen molar-refractivity contribution in [3.05, 3.63) is 31.6 Å². The molecule has 1 aliphatic carbocycles. The van der Waals surface area contributed by atoms with Crippen LogP contribution in [0.15, 0.2) is 0 Å². The topological polar surface area (TPSA) is 0 Å². The number of hydrogen-bond donors (Lipinski definition) is 0. The van der Waals surface area contributed by atoms with E-state index in [1.807, 2.05) is 0 Å². The van der Waals surface area contributed by atoms with Crippen LogP contribution in [-0.2, 0) is 0 Å². The van der Waals surface area contributed by atoms with E-state index in [0.29, 0.717) is 4.08 Å². The second-order valence-corrected chi connectivity index (χ2v) is 6.10. The average Bonchev–Trinajstić information content (AvgIpc) is 2.55. The van der Waals surface area contributed by atoms with Crippen LogP contribution in [0.2, 0.25) is 0 Å². The first-order valence-electron chi connectivity index (χ1n) is 3.81. The molecular formula is C9H11S2. The second-order valence-electron chi connectivity index (χ2n) is 2.82. The molecule has 1 heterocycles. The molecule has 0 aromatic heterocycles. The highest BCUT2D eigenvalue weighted by molar-refractivity contribution is 8.21. The van der Waals surface area contributed by atoms with Crippen LogP contribution in [0.5, 0.6) is 0 Å². The molecule has 1 aliphatic heterocycles. The van der Waals surface area contributed by atoms with Crippen LogP contribution in [0, 0.1) is 31.6 Å². The summed E-state index contributed by atoms with van der Waals surface area (Å²) in [7, 11) is 0. The average molecular weight is 183 g/mol. The van der Waals surface area contributed by atoms with Crippen molar-refractivity contribution in [3.8, 4) is 0 Å². The van der Waals surface area contributed by atoms with Crippen molar-refractivity contribution >= 4 is 23.5 Å². The summed E-state index contributed by atoms with van der Waals surface area (Å²) >= 11 is 4.13. The quantitative estimate of drug-likeness (QED) is 0.613. The maximum absolute atomic E-state index is 2.32. The van der Waals surface area contributed by atoms with Crippen LogP contribution >= 0.6 is 23.5 Å². The van der Waals surface area contributed by atoms with Gasteiger partial charge in [-0.05, 0) is 32.6 Å². The van der Waals surface area contributed by atoms with E-state index in [4.69, 9.17) is 0 Å². The standard InChI is InChI=1S/C9H11S2/c1-9(10-6-7-11-9)8-4-2-3-5-8/h2-5H,6-7H2,1H3. The Hall–Kier alpha value is 0.700. The molecule has 11 heavy (non-hydrogen) atoms. The van der Waals surface area contributed by atoms with Gasteiger partial charge in [0.15, 0.2) is 0 Å². The first-order chi connectivity index (χ1) is 5.31. The van der Waals surface area contributed by atoms with Crippen LogP contribution in [-0.4, -0.2) is 15.6 Å². The Bertz CT molecular complexity index is 132. The largest absolute Gasteiger partial charge is 0.143 e. The Kier molecular flexibility index (Phi) is 2.43. The molecule has 5 radical (unpaired) electrons. The molecule has 0 aromatic carbocycles. The third-order valence-corrected chi connectivity index (χ3v) is 5.38. The lowest BCUT2D eigenvalue weighted by atomic mass is 10.0. The van der Waals surface area contributed by atoms with Crippen LogP contribution in [0.25, 0.3) is 0 Å². The molecule has 2 heteroatoms. The first kappa shape index (κ1) is 8.31. The zero-order valence-corrected chi connectivity index (χ0v) is 8.17. The summed E-state index contributed by atoms with van der Waals surface area (Å²) in [6, 6.07) is 0. The molecular weight excluding hydrogens is 172 g/mol. The highest BCUT2D eigenvalue weighted by atomic mass is 32.2. The third kappa shape index (κ3) is 1.57. The van der Waals surface area contributed by atoms with Gasteiger partial charge in [-0.1, -0.05) is 0 Å². The molecule has 0 bridgehead atoms. The van der Waals surface area contributed by atoms with Gasteiger partial charge in [-0.2, -0.15) is 0 Å². The molecule has 0 spiro atoms. The van der Waals surface area contributed by atoms with Crippen molar-refractivity contribution in [2.45, 2.75) is 11.0 Å². The van der Waals surface area contributed by atoms with Gasteiger partial charge in [0.05, 0.1) is 4.08 Å². The van der Waals surface area contributed by atoms with Gasteiger partial charge in [0.25, 0.3) is 0 Å². The Morgan fingerprint density at radius 2 is 1.73 bits per heavy atom. The van der Waals surface area contributed by atoms with Crippen molar-refractivity contribution in [2.75, 3.05) is 11.5 Å². The van der Waals surface area contributed by atoms with E-state index in [0.717, 1.165) is 0 Å². The lowest BCUT2D eigenvalue weighted by Gasteiger charge is -2.27. The minimum atomic E-state index is 0.351. The Labute approximate surface area is 77.9 Å². The van der Waals surface area contributed by atoms with Gasteiger partial charge in [0.1, 0.15) is 0 Å². The molecule has 0 nitrogen and oxygen atoms in total. The van der Waals surface area contributed by atoms with Gasteiger partial charge in [0, 0.05) is 17.4 Å². The summed E-state index contributed by atoms with van der Waals surface area (Å²) in [4.78, 5) is 0. The molecule has 0 unspecified atom stereocenters. The maximum Gasteiger partial charge on any atom is 0.0651 e. The van der Waals surface area contributed by atoms with E-state index in [1.165, 1.54) is 17.4 Å². The van der Waals surface area contributed by atoms with Gasteiger partial charge in [0.2, 0.25) is 0 Å². The van der Waals surface area contributed by atoms with Gasteiger partial charge in [-0.25, -0.2) is 0 Å². The number of rotatable bonds is 1. The summed E-state index contributed by atoms with van der Waals surface area (Å²) in [6.07, 6.45) is 8.71. The van der Waals surface area contributed by atoms with E-state index >= 15 is 0 Å². The predicted octanol–water partition coefficient (Wildman–Crippen LogP) is 2.59. The predicted molar refractivity (Wildman–Crippen MR) is 53.8 cm³/mol. The maximum atomic E-state index is 2.32. The van der Waals surface area contributed by atoms with Gasteiger partial charge >= 0.3 is 0 Å². The lowest BCUT2D eigenvalue weighted by molar-refractivity contribution is 0.968. The second kappa shape index (κ2) is 3.21. The highest BCUT2D eigenvalue weighted by Crippen LogP contribution is 2.53. The zero-order chi connectivity index (χ0) is 7.73. The molecule has 0 N–H and O–H groups in total. The SMILES string of the molecule is CC1([C]2[CH][CH][CH][CH]2)SCCS1. The summed E-state index contributed by atoms with van der Waals surface area (Å²) in [5.41, 5.74) is 0. The molecule has 0 amide bonds. The molecule has 1 saturated heterocycles. The zero-order valence-electron chi connectivity index (χ0n) is 6.54. The molecule has 1 saturated carbocycles. The van der Waals surface area contributed by atoms with Crippen LogP contribution in [0.1, 0.15) is 6.92 Å². The smallest absolute Gasteiger partial charge is 0.0651 e. The molecule has 0 atom stereocenters. The van der Waals surface area contributed by atoms with E-state index in [-0.39, 0.29) is 0 Å². The van der Waals surface area contributed by atoms with Crippen molar-refractivity contribution in [1.82, 2.24) is 0 Å². The van der Waals surface area contributed by atoms with Crippen molar-refractivity contribution in [3.63, 3.8) is 0 Å². The Balaban J connectivity index is 2.00. The van der Waals surface area contributed by atoms with Crippen LogP contribution in [0.3, 0.4) is 0 Å². The summed E-state index contributed by atoms with van der Waals surface area (Å²) in [5, 5.41) is 0. The van der Waals surface area contributed by atoms with Crippen LogP contribution < -0.4 is 0 Å². The van der Waals surface area contributed by atoms with Crippen molar-refractivity contribution in [2.24, 2.45) is 0 Å². The fraction of sp³-hybridized carbons (Fsp3) is 0.444. The molecule has 59 valence electrons. The summed E-state index contributed by atoms with van der Waals surface area (Å²) in [5.74, 6) is 4.07. The summed E-state index contributed by atoms with van der Waals surface area (Å²) in [6.45, 7) is 2.32. The fourth-order valence-electron chi connectivity index (χ4n) is 1.36. The first-order valence-corrected chi connectivity index (χ1v) is 5.78. The van der Waals surface area contributed by atoms with Crippen LogP contribution in [0.4, 0.5) is 0 Å². The summed E-state index contributed by atoms with van der Waals surface area (Å²) < 4.78 is 0.351. The molecule has 2 fully saturated rings. The number of hydrogen-bond acceptors (Lipinski definition) is 2. The minimum absolute atomic E-state index is 0.351. The van der Waals surface area contributed by atoms with E-state index in [1.54, 1.807) is 0 Å². The lowest BCUT2D eigenvalue weighted by Crippen LogP contribution is -2.20. The molecule has 2 aliphatic rings. The van der Waals surface area contributed by atoms with E-state index < -0.39 is 0 Å². The normalized spacial score (nSPS) is 31.4. The van der Waals surface area contributed by atoms with E-state index in [2.05, 4.69) is 56.1 Å².